The summed E-state index contributed by atoms with van der Waals surface area (Å²) in [6.45, 7) is 2.60. The van der Waals surface area contributed by atoms with Crippen molar-refractivity contribution in [1.29, 1.82) is 0 Å². The van der Waals surface area contributed by atoms with Crippen LogP contribution in [0, 0.1) is 6.92 Å². The number of furan rings is 1. The van der Waals surface area contributed by atoms with Gasteiger partial charge in [-0.3, -0.25) is 14.6 Å². The molecule has 1 aromatic carbocycles. The zero-order valence-corrected chi connectivity index (χ0v) is 17.7. The molecule has 0 radical (unpaired) electrons. The summed E-state index contributed by atoms with van der Waals surface area (Å²) in [7, 11) is 0. The van der Waals surface area contributed by atoms with E-state index in [1.54, 1.807) is 37.3 Å². The van der Waals surface area contributed by atoms with Gasteiger partial charge in [0.15, 0.2) is 0 Å². The number of primary amides is 1. The summed E-state index contributed by atoms with van der Waals surface area (Å²) in [4.78, 5) is 28.7. The Kier molecular flexibility index (Phi) is 6.11. The summed E-state index contributed by atoms with van der Waals surface area (Å²) >= 11 is 0. The van der Waals surface area contributed by atoms with E-state index in [9.17, 15) is 14.7 Å². The highest BCUT2D eigenvalue weighted by molar-refractivity contribution is 6.07. The second-order valence-electron chi connectivity index (χ2n) is 7.86. The third-order valence-electron chi connectivity index (χ3n) is 5.71. The van der Waals surface area contributed by atoms with Crippen LogP contribution in [0.25, 0.3) is 11.0 Å². The van der Waals surface area contributed by atoms with E-state index >= 15 is 0 Å². The Balaban J connectivity index is 1.58. The molecule has 0 unspecified atom stereocenters. The highest BCUT2D eigenvalue weighted by Crippen LogP contribution is 2.31. The molecule has 1 aliphatic rings. The van der Waals surface area contributed by atoms with Gasteiger partial charge in [0.05, 0.1) is 17.7 Å². The quantitative estimate of drug-likeness (QED) is 0.513. The fraction of sp³-hybridized carbons (Fsp3) is 0.348. The highest BCUT2D eigenvalue weighted by Gasteiger charge is 2.35. The van der Waals surface area contributed by atoms with Gasteiger partial charge in [0.25, 0.3) is 11.8 Å². The van der Waals surface area contributed by atoms with Gasteiger partial charge >= 0.3 is 0 Å². The number of nitrogens with one attached hydrogen (secondary N) is 1. The first-order valence-corrected chi connectivity index (χ1v) is 10.3. The van der Waals surface area contributed by atoms with E-state index in [4.69, 9.17) is 19.6 Å². The number of nitrogens with zero attached hydrogens (tertiary/aromatic N) is 1. The van der Waals surface area contributed by atoms with E-state index in [0.29, 0.717) is 59.7 Å². The maximum absolute atomic E-state index is 13.2. The number of amides is 2. The lowest BCUT2D eigenvalue weighted by molar-refractivity contribution is 0.0125. The molecule has 0 atom stereocenters. The molecule has 3 aromatic rings. The van der Waals surface area contributed by atoms with Crippen molar-refractivity contribution in [2.24, 2.45) is 5.73 Å². The summed E-state index contributed by atoms with van der Waals surface area (Å²) in [5.41, 5.74) is 6.31. The molecule has 1 aliphatic heterocycles. The van der Waals surface area contributed by atoms with E-state index < -0.39 is 11.4 Å². The van der Waals surface area contributed by atoms with Gasteiger partial charge in [-0.25, -0.2) is 0 Å². The number of fused-ring (bicyclic) bond motifs is 1. The van der Waals surface area contributed by atoms with Crippen molar-refractivity contribution in [3.63, 3.8) is 0 Å². The van der Waals surface area contributed by atoms with Crippen LogP contribution in [0.2, 0.25) is 0 Å². The summed E-state index contributed by atoms with van der Waals surface area (Å²) in [5, 5.41) is 13.5. The lowest BCUT2D eigenvalue weighted by Crippen LogP contribution is -2.54. The number of ether oxygens (including phenoxy) is 2. The van der Waals surface area contributed by atoms with Crippen molar-refractivity contribution < 1.29 is 28.6 Å². The van der Waals surface area contributed by atoms with Crippen LogP contribution >= 0.6 is 0 Å². The fourth-order valence-electron chi connectivity index (χ4n) is 3.90. The van der Waals surface area contributed by atoms with E-state index in [1.807, 2.05) is 0 Å². The van der Waals surface area contributed by atoms with E-state index in [-0.39, 0.29) is 24.8 Å². The number of nitrogens with two attached hydrogens (primary N) is 1. The smallest absolute Gasteiger partial charge is 0.267 e. The van der Waals surface area contributed by atoms with E-state index in [1.165, 1.54) is 6.20 Å². The molecule has 9 nitrogen and oxygen atoms in total. The molecule has 2 amide bonds. The molecule has 1 saturated heterocycles. The van der Waals surface area contributed by atoms with Gasteiger partial charge in [-0.1, -0.05) is 6.07 Å². The van der Waals surface area contributed by atoms with Crippen molar-refractivity contribution in [1.82, 2.24) is 10.3 Å². The van der Waals surface area contributed by atoms with Crippen LogP contribution in [0.3, 0.4) is 0 Å². The number of hydrogen-bond acceptors (Lipinski definition) is 7. The summed E-state index contributed by atoms with van der Waals surface area (Å²) < 4.78 is 17.0. The minimum absolute atomic E-state index is 0.0869. The molecule has 168 valence electrons. The van der Waals surface area contributed by atoms with Gasteiger partial charge in [-0.05, 0) is 44.0 Å². The Morgan fingerprint density at radius 1 is 1.28 bits per heavy atom. The molecule has 4 N–H and O–H groups in total. The minimum atomic E-state index is -0.717. The van der Waals surface area contributed by atoms with Crippen molar-refractivity contribution in [3.05, 3.63) is 59.1 Å². The number of aliphatic hydroxyl groups excluding tert-OH is 1. The molecule has 4 rings (SSSR count). The second-order valence-corrected chi connectivity index (χ2v) is 7.86. The number of aryl methyl sites for hydroxylation is 1. The zero-order chi connectivity index (χ0) is 22.7. The van der Waals surface area contributed by atoms with Crippen molar-refractivity contribution in [2.45, 2.75) is 31.9 Å². The van der Waals surface area contributed by atoms with Gasteiger partial charge in [0.1, 0.15) is 29.4 Å². The Hall–Kier alpha value is -3.43. The first-order valence-electron chi connectivity index (χ1n) is 10.3. The number of aliphatic hydroxyl groups is 1. The van der Waals surface area contributed by atoms with E-state index in [0.717, 1.165) is 0 Å². The van der Waals surface area contributed by atoms with Crippen LogP contribution in [-0.4, -0.2) is 47.3 Å². The van der Waals surface area contributed by atoms with E-state index in [2.05, 4.69) is 10.3 Å². The van der Waals surface area contributed by atoms with Gasteiger partial charge in [0.2, 0.25) is 0 Å². The SMILES string of the molecule is Cc1oc2ccc(OCc3cccnc3C(N)=O)cc2c1C(=O)NC1(CO)CCOCC1. The number of benzene rings is 1. The normalized spacial score (nSPS) is 15.4. The molecule has 0 aliphatic carbocycles. The third-order valence-corrected chi connectivity index (χ3v) is 5.71. The predicted molar refractivity (Wildman–Crippen MR) is 115 cm³/mol. The van der Waals surface area contributed by atoms with Gasteiger partial charge in [0, 0.05) is 30.4 Å². The monoisotopic (exact) mass is 439 g/mol. The predicted octanol–water partition coefficient (Wildman–Crippen LogP) is 2.09. The van der Waals surface area contributed by atoms with Crippen molar-refractivity contribution in [2.75, 3.05) is 19.8 Å². The number of carbonyl (C=O) groups is 2. The van der Waals surface area contributed by atoms with Crippen LogP contribution in [0.5, 0.6) is 5.75 Å². The zero-order valence-electron chi connectivity index (χ0n) is 17.7. The lowest BCUT2D eigenvalue weighted by atomic mass is 9.90. The van der Waals surface area contributed by atoms with Crippen LogP contribution in [0.1, 0.15) is 45.0 Å². The van der Waals surface area contributed by atoms with Crippen LogP contribution < -0.4 is 15.8 Å². The van der Waals surface area contributed by atoms with Crippen LogP contribution in [-0.2, 0) is 11.3 Å². The number of pyridine rings is 1. The first-order chi connectivity index (χ1) is 15.4. The Labute approximate surface area is 184 Å². The molecule has 1 fully saturated rings. The summed E-state index contributed by atoms with van der Waals surface area (Å²) in [6, 6.07) is 8.58. The van der Waals surface area contributed by atoms with Crippen LogP contribution in [0.4, 0.5) is 0 Å². The highest BCUT2D eigenvalue weighted by atomic mass is 16.5. The number of aromatic nitrogens is 1. The Morgan fingerprint density at radius 2 is 2.06 bits per heavy atom. The largest absolute Gasteiger partial charge is 0.489 e. The molecular formula is C23H25N3O6. The minimum Gasteiger partial charge on any atom is -0.489 e. The average Bonchev–Trinajstić information content (AvgIpc) is 3.13. The Morgan fingerprint density at radius 3 is 2.78 bits per heavy atom. The molecule has 0 saturated carbocycles. The average molecular weight is 439 g/mol. The molecule has 2 aromatic heterocycles. The maximum Gasteiger partial charge on any atom is 0.267 e. The molecule has 0 bridgehead atoms. The fourth-order valence-corrected chi connectivity index (χ4v) is 3.90. The number of hydrogen-bond donors (Lipinski definition) is 3. The first kappa shape index (κ1) is 21.8. The standard InChI is InChI=1S/C23H25N3O6/c1-14-19(22(29)26-23(13-27)6-9-30-10-7-23)17-11-16(4-5-18(17)32-14)31-12-15-3-2-8-25-20(15)21(24)28/h2-5,8,11,27H,6-7,9-10,12-13H2,1H3,(H2,24,28)(H,26,29). The topological polar surface area (TPSA) is 137 Å². The van der Waals surface area contributed by atoms with Crippen molar-refractivity contribution >= 4 is 22.8 Å². The van der Waals surface area contributed by atoms with Gasteiger partial charge < -0.3 is 30.0 Å². The Bertz CT molecular complexity index is 1150. The third kappa shape index (κ3) is 4.30. The lowest BCUT2D eigenvalue weighted by Gasteiger charge is -2.36. The summed E-state index contributed by atoms with van der Waals surface area (Å²) in [6.07, 6.45) is 2.56. The van der Waals surface area contributed by atoms with Gasteiger partial charge in [-0.2, -0.15) is 0 Å². The summed E-state index contributed by atoms with van der Waals surface area (Å²) in [5.74, 6) is 0.0141. The molecular weight excluding hydrogens is 414 g/mol. The van der Waals surface area contributed by atoms with Crippen LogP contribution in [0.15, 0.2) is 40.9 Å². The molecule has 9 heteroatoms. The molecule has 0 spiro atoms. The second kappa shape index (κ2) is 8.97. The molecule has 32 heavy (non-hydrogen) atoms. The molecule has 3 heterocycles. The van der Waals surface area contributed by atoms with Crippen molar-refractivity contribution in [3.8, 4) is 5.75 Å². The van der Waals surface area contributed by atoms with Gasteiger partial charge in [-0.15, -0.1) is 0 Å². The number of rotatable bonds is 7. The number of carbonyl (C=O) groups excluding carboxylic acids is 2. The maximum atomic E-state index is 13.2.